The third-order valence-corrected chi connectivity index (χ3v) is 3.40. The number of hydrogen-bond acceptors (Lipinski definition) is 3. The molecule has 0 aliphatic rings. The number of benzene rings is 1. The lowest BCUT2D eigenvalue weighted by molar-refractivity contribution is 0.102. The molecule has 0 spiro atoms. The van der Waals surface area contributed by atoms with Crippen LogP contribution in [0.5, 0.6) is 0 Å². The number of carbonyl (C=O) groups is 1. The Labute approximate surface area is 125 Å². The van der Waals surface area contributed by atoms with Gasteiger partial charge in [-0.25, -0.2) is 9.97 Å². The van der Waals surface area contributed by atoms with Crippen molar-refractivity contribution in [3.05, 3.63) is 52.6 Å². The maximum Gasteiger partial charge on any atom is 0.259 e. The van der Waals surface area contributed by atoms with E-state index in [-0.39, 0.29) is 11.8 Å². The summed E-state index contributed by atoms with van der Waals surface area (Å²) in [4.78, 5) is 21.1. The summed E-state index contributed by atoms with van der Waals surface area (Å²) in [5.74, 6) is 0.840. The van der Waals surface area contributed by atoms with E-state index in [1.165, 1.54) is 0 Å². The zero-order chi connectivity index (χ0) is 15.6. The molecule has 1 heterocycles. The third kappa shape index (κ3) is 3.45. The minimum Gasteiger partial charge on any atom is -0.322 e. The standard InChI is InChI=1S/C17H21N3O/c1-10(2)16-18-9-14(13(5)19-16)17(21)20-15-8-11(3)6-7-12(15)4/h6-10H,1-5H3,(H,20,21). The van der Waals surface area contributed by atoms with Crippen molar-refractivity contribution in [2.24, 2.45) is 0 Å². The summed E-state index contributed by atoms with van der Waals surface area (Å²) in [6.45, 7) is 9.88. The molecule has 1 N–H and O–H groups in total. The van der Waals surface area contributed by atoms with Gasteiger partial charge in [0.1, 0.15) is 5.82 Å². The average Bonchev–Trinajstić information content (AvgIpc) is 2.42. The largest absolute Gasteiger partial charge is 0.322 e. The van der Waals surface area contributed by atoms with Gasteiger partial charge in [-0.2, -0.15) is 0 Å². The van der Waals surface area contributed by atoms with Crippen LogP contribution in [0, 0.1) is 20.8 Å². The molecule has 110 valence electrons. The van der Waals surface area contributed by atoms with Crippen molar-refractivity contribution in [2.45, 2.75) is 40.5 Å². The Hall–Kier alpha value is -2.23. The number of hydrogen-bond donors (Lipinski definition) is 1. The van der Waals surface area contributed by atoms with Gasteiger partial charge in [0, 0.05) is 17.8 Å². The van der Waals surface area contributed by atoms with Crippen LogP contribution in [0.4, 0.5) is 5.69 Å². The molecule has 0 unspecified atom stereocenters. The molecule has 4 nitrogen and oxygen atoms in total. The fraction of sp³-hybridized carbons (Fsp3) is 0.353. The van der Waals surface area contributed by atoms with Crippen LogP contribution in [-0.4, -0.2) is 15.9 Å². The molecule has 0 saturated heterocycles. The molecule has 1 aromatic carbocycles. The SMILES string of the molecule is Cc1ccc(C)c(NC(=O)c2cnc(C(C)C)nc2C)c1. The highest BCUT2D eigenvalue weighted by molar-refractivity contribution is 6.05. The van der Waals surface area contributed by atoms with E-state index in [1.54, 1.807) is 6.20 Å². The number of aromatic nitrogens is 2. The monoisotopic (exact) mass is 283 g/mol. The smallest absolute Gasteiger partial charge is 0.259 e. The predicted octanol–water partition coefficient (Wildman–Crippen LogP) is 3.78. The zero-order valence-corrected chi connectivity index (χ0v) is 13.2. The lowest BCUT2D eigenvalue weighted by atomic mass is 10.1. The van der Waals surface area contributed by atoms with E-state index in [0.717, 1.165) is 22.6 Å². The normalized spacial score (nSPS) is 10.8. The van der Waals surface area contributed by atoms with Crippen molar-refractivity contribution < 1.29 is 4.79 Å². The molecule has 21 heavy (non-hydrogen) atoms. The van der Waals surface area contributed by atoms with Crippen LogP contribution in [0.25, 0.3) is 0 Å². The molecule has 0 aliphatic heterocycles. The summed E-state index contributed by atoms with van der Waals surface area (Å²) < 4.78 is 0. The van der Waals surface area contributed by atoms with Gasteiger partial charge in [-0.15, -0.1) is 0 Å². The summed E-state index contributed by atoms with van der Waals surface area (Å²) in [6, 6.07) is 5.98. The maximum absolute atomic E-state index is 12.4. The Balaban J connectivity index is 2.26. The summed E-state index contributed by atoms with van der Waals surface area (Å²) in [5.41, 5.74) is 4.19. The molecule has 4 heteroatoms. The molecule has 0 saturated carbocycles. The van der Waals surface area contributed by atoms with Gasteiger partial charge in [-0.1, -0.05) is 26.0 Å². The first kappa shape index (κ1) is 15.2. The Bertz CT molecular complexity index is 678. The van der Waals surface area contributed by atoms with E-state index in [4.69, 9.17) is 0 Å². The van der Waals surface area contributed by atoms with Crippen molar-refractivity contribution in [1.82, 2.24) is 9.97 Å². The number of rotatable bonds is 3. The van der Waals surface area contributed by atoms with Crippen molar-refractivity contribution in [3.63, 3.8) is 0 Å². The number of nitrogens with one attached hydrogen (secondary N) is 1. The molecule has 1 aromatic heterocycles. The lowest BCUT2D eigenvalue weighted by Gasteiger charge is -2.11. The number of nitrogens with zero attached hydrogens (tertiary/aromatic N) is 2. The van der Waals surface area contributed by atoms with Gasteiger partial charge in [0.25, 0.3) is 5.91 Å². The molecular weight excluding hydrogens is 262 g/mol. The van der Waals surface area contributed by atoms with Crippen molar-refractivity contribution in [2.75, 3.05) is 5.32 Å². The van der Waals surface area contributed by atoms with E-state index in [2.05, 4.69) is 15.3 Å². The van der Waals surface area contributed by atoms with E-state index in [1.807, 2.05) is 52.8 Å². The predicted molar refractivity (Wildman–Crippen MR) is 84.7 cm³/mol. The van der Waals surface area contributed by atoms with Gasteiger partial charge < -0.3 is 5.32 Å². The Morgan fingerprint density at radius 3 is 2.52 bits per heavy atom. The molecular formula is C17H21N3O. The molecule has 1 amide bonds. The molecule has 0 radical (unpaired) electrons. The van der Waals surface area contributed by atoms with Crippen molar-refractivity contribution in [3.8, 4) is 0 Å². The third-order valence-electron chi connectivity index (χ3n) is 3.40. The molecule has 0 fully saturated rings. The van der Waals surface area contributed by atoms with E-state index < -0.39 is 0 Å². The van der Waals surface area contributed by atoms with Gasteiger partial charge in [0.15, 0.2) is 0 Å². The Morgan fingerprint density at radius 1 is 1.19 bits per heavy atom. The molecule has 2 aromatic rings. The highest BCUT2D eigenvalue weighted by Crippen LogP contribution is 2.18. The topological polar surface area (TPSA) is 54.9 Å². The second kappa shape index (κ2) is 6.04. The number of aryl methyl sites for hydroxylation is 3. The minimum absolute atomic E-state index is 0.170. The van der Waals surface area contributed by atoms with Crippen LogP contribution >= 0.6 is 0 Å². The van der Waals surface area contributed by atoms with Crippen LogP contribution in [0.15, 0.2) is 24.4 Å². The van der Waals surface area contributed by atoms with Crippen LogP contribution in [0.2, 0.25) is 0 Å². The number of amides is 1. The molecule has 0 bridgehead atoms. The molecule has 0 atom stereocenters. The van der Waals surface area contributed by atoms with Gasteiger partial charge >= 0.3 is 0 Å². The Morgan fingerprint density at radius 2 is 1.90 bits per heavy atom. The first-order valence-electron chi connectivity index (χ1n) is 7.10. The van der Waals surface area contributed by atoms with Crippen LogP contribution in [0.1, 0.15) is 52.8 Å². The summed E-state index contributed by atoms with van der Waals surface area (Å²) in [7, 11) is 0. The molecule has 2 rings (SSSR count). The highest BCUT2D eigenvalue weighted by Gasteiger charge is 2.14. The number of anilines is 1. The quantitative estimate of drug-likeness (QED) is 0.932. The highest BCUT2D eigenvalue weighted by atomic mass is 16.1. The maximum atomic E-state index is 12.4. The van der Waals surface area contributed by atoms with Crippen molar-refractivity contribution in [1.29, 1.82) is 0 Å². The summed E-state index contributed by atoms with van der Waals surface area (Å²) >= 11 is 0. The Kier molecular flexibility index (Phi) is 4.36. The van der Waals surface area contributed by atoms with E-state index >= 15 is 0 Å². The van der Waals surface area contributed by atoms with Gasteiger partial charge in [0.05, 0.1) is 11.3 Å². The van der Waals surface area contributed by atoms with Gasteiger partial charge in [-0.3, -0.25) is 4.79 Å². The van der Waals surface area contributed by atoms with E-state index in [0.29, 0.717) is 11.3 Å². The van der Waals surface area contributed by atoms with Crippen LogP contribution < -0.4 is 5.32 Å². The number of carbonyl (C=O) groups excluding carboxylic acids is 1. The second-order valence-corrected chi connectivity index (χ2v) is 5.65. The fourth-order valence-corrected chi connectivity index (χ4v) is 2.05. The van der Waals surface area contributed by atoms with Crippen LogP contribution in [0.3, 0.4) is 0 Å². The summed E-state index contributed by atoms with van der Waals surface area (Å²) in [5, 5.41) is 2.94. The summed E-state index contributed by atoms with van der Waals surface area (Å²) in [6.07, 6.45) is 1.61. The van der Waals surface area contributed by atoms with Gasteiger partial charge in [-0.05, 0) is 38.0 Å². The van der Waals surface area contributed by atoms with E-state index in [9.17, 15) is 4.79 Å². The average molecular weight is 283 g/mol. The second-order valence-electron chi connectivity index (χ2n) is 5.65. The molecule has 0 aliphatic carbocycles. The minimum atomic E-state index is -0.170. The fourth-order valence-electron chi connectivity index (χ4n) is 2.05. The first-order valence-corrected chi connectivity index (χ1v) is 7.10. The van der Waals surface area contributed by atoms with Crippen molar-refractivity contribution >= 4 is 11.6 Å². The first-order chi connectivity index (χ1) is 9.88. The van der Waals surface area contributed by atoms with Crippen LogP contribution in [-0.2, 0) is 0 Å². The van der Waals surface area contributed by atoms with Gasteiger partial charge in [0.2, 0.25) is 0 Å². The lowest BCUT2D eigenvalue weighted by Crippen LogP contribution is -2.16. The zero-order valence-electron chi connectivity index (χ0n) is 13.2.